The lowest BCUT2D eigenvalue weighted by Crippen LogP contribution is -2.10. The Hall–Kier alpha value is -2.89. The molecule has 0 fully saturated rings. The number of carbonyl (C=O) groups is 2. The van der Waals surface area contributed by atoms with Crippen LogP contribution < -0.4 is 0 Å². The quantitative estimate of drug-likeness (QED) is 0.831. The number of carboxylic acids is 1. The van der Waals surface area contributed by atoms with Crippen LogP contribution in [0.4, 0.5) is 4.79 Å². The van der Waals surface area contributed by atoms with E-state index >= 15 is 0 Å². The molecule has 0 saturated carbocycles. The second-order valence-corrected chi connectivity index (χ2v) is 4.38. The van der Waals surface area contributed by atoms with E-state index in [1.54, 1.807) is 18.2 Å². The normalized spacial score (nSPS) is 12.4. The van der Waals surface area contributed by atoms with Gasteiger partial charge in [-0.2, -0.15) is 0 Å². The largest absolute Gasteiger partial charge is 0.478 e. The van der Waals surface area contributed by atoms with Crippen molar-refractivity contribution in [3.8, 4) is 11.3 Å². The molecule has 0 amide bonds. The van der Waals surface area contributed by atoms with Gasteiger partial charge in [-0.25, -0.2) is 9.59 Å². The molecule has 3 rings (SSSR count). The van der Waals surface area contributed by atoms with E-state index in [1.165, 1.54) is 18.5 Å². The van der Waals surface area contributed by atoms with E-state index in [0.717, 1.165) is 10.1 Å². The Morgan fingerprint density at radius 3 is 2.70 bits per heavy atom. The number of carboxylic acid groups (broad SMARTS) is 2. The van der Waals surface area contributed by atoms with Gasteiger partial charge in [-0.1, -0.05) is 12.1 Å². The average molecular weight is 270 g/mol. The number of nitrogens with zero attached hydrogens (tertiary/aromatic N) is 2. The Bertz CT molecular complexity index is 759. The van der Waals surface area contributed by atoms with Gasteiger partial charge in [0.25, 0.3) is 0 Å². The van der Waals surface area contributed by atoms with E-state index in [9.17, 15) is 19.8 Å². The van der Waals surface area contributed by atoms with Crippen LogP contribution in [0.15, 0.2) is 35.5 Å². The van der Waals surface area contributed by atoms with E-state index in [4.69, 9.17) is 0 Å². The summed E-state index contributed by atoms with van der Waals surface area (Å²) in [4.78, 5) is 26.7. The predicted molar refractivity (Wildman–Crippen MR) is 71.5 cm³/mol. The van der Waals surface area contributed by atoms with Crippen LogP contribution in [0.2, 0.25) is 0 Å². The summed E-state index contributed by atoms with van der Waals surface area (Å²) in [5, 5.41) is 18.5. The Labute approximate surface area is 113 Å². The lowest BCUT2D eigenvalue weighted by atomic mass is 9.98. The van der Waals surface area contributed by atoms with Crippen LogP contribution in [0.3, 0.4) is 0 Å². The number of fused-ring (bicyclic) bond motifs is 3. The summed E-state index contributed by atoms with van der Waals surface area (Å²) >= 11 is 0. The van der Waals surface area contributed by atoms with Gasteiger partial charge in [-0.3, -0.25) is 9.56 Å². The fourth-order valence-electron chi connectivity index (χ4n) is 2.39. The second-order valence-electron chi connectivity index (χ2n) is 4.38. The SMILES string of the molecule is O=C(O)c1cccc2c1C=NCc1ccn(C(=O)O)c1-2. The molecule has 0 unspecified atom stereocenters. The molecule has 0 saturated heterocycles. The van der Waals surface area contributed by atoms with Gasteiger partial charge >= 0.3 is 12.1 Å². The highest BCUT2D eigenvalue weighted by atomic mass is 16.4. The second kappa shape index (κ2) is 4.34. The van der Waals surface area contributed by atoms with E-state index in [2.05, 4.69) is 4.99 Å². The average Bonchev–Trinajstić information content (AvgIpc) is 2.74. The maximum absolute atomic E-state index is 11.3. The van der Waals surface area contributed by atoms with Crippen molar-refractivity contribution in [2.24, 2.45) is 4.99 Å². The highest BCUT2D eigenvalue weighted by Crippen LogP contribution is 2.32. The van der Waals surface area contributed by atoms with E-state index < -0.39 is 12.1 Å². The van der Waals surface area contributed by atoms with Crippen molar-refractivity contribution < 1.29 is 19.8 Å². The standard InChI is InChI=1S/C14H10N2O4/c17-13(18)10-3-1-2-9-11(10)7-15-6-8-4-5-16(12(8)9)14(19)20/h1-5,7H,6H2,(H,17,18)(H,19,20). The van der Waals surface area contributed by atoms with Crippen molar-refractivity contribution in [3.63, 3.8) is 0 Å². The Morgan fingerprint density at radius 2 is 2.00 bits per heavy atom. The molecule has 2 N–H and O–H groups in total. The first-order valence-electron chi connectivity index (χ1n) is 5.89. The summed E-state index contributed by atoms with van der Waals surface area (Å²) in [7, 11) is 0. The molecule has 1 aliphatic rings. The number of aromatic carboxylic acids is 1. The van der Waals surface area contributed by atoms with Gasteiger partial charge in [0.15, 0.2) is 0 Å². The van der Waals surface area contributed by atoms with Crippen molar-refractivity contribution >= 4 is 18.3 Å². The van der Waals surface area contributed by atoms with Crippen LogP contribution in [0.25, 0.3) is 11.3 Å². The Kier molecular flexibility index (Phi) is 2.64. The zero-order valence-electron chi connectivity index (χ0n) is 10.3. The summed E-state index contributed by atoms with van der Waals surface area (Å²) in [6, 6.07) is 6.47. The maximum atomic E-state index is 11.3. The molecular formula is C14H10N2O4. The molecule has 1 aromatic heterocycles. The lowest BCUT2D eigenvalue weighted by Gasteiger charge is -2.10. The summed E-state index contributed by atoms with van der Waals surface area (Å²) in [6.07, 6.45) is 1.83. The molecular weight excluding hydrogens is 260 g/mol. The van der Waals surface area contributed by atoms with Gasteiger partial charge in [0.2, 0.25) is 0 Å². The summed E-state index contributed by atoms with van der Waals surface area (Å²) in [5.74, 6) is -1.06. The highest BCUT2D eigenvalue weighted by molar-refractivity contribution is 6.04. The van der Waals surface area contributed by atoms with Crippen molar-refractivity contribution in [1.82, 2.24) is 4.57 Å². The summed E-state index contributed by atoms with van der Waals surface area (Å²) in [5.41, 5.74) is 2.34. The maximum Gasteiger partial charge on any atom is 0.416 e. The minimum atomic E-state index is -1.11. The molecule has 0 spiro atoms. The van der Waals surface area contributed by atoms with Gasteiger partial charge in [-0.15, -0.1) is 0 Å². The molecule has 20 heavy (non-hydrogen) atoms. The Balaban J connectivity index is 2.36. The molecule has 0 atom stereocenters. The minimum Gasteiger partial charge on any atom is -0.478 e. The van der Waals surface area contributed by atoms with E-state index in [0.29, 0.717) is 23.4 Å². The van der Waals surface area contributed by atoms with Gasteiger partial charge in [0.1, 0.15) is 0 Å². The molecule has 2 heterocycles. The van der Waals surface area contributed by atoms with Crippen molar-refractivity contribution in [2.75, 3.05) is 0 Å². The highest BCUT2D eigenvalue weighted by Gasteiger charge is 2.22. The smallest absolute Gasteiger partial charge is 0.416 e. The van der Waals surface area contributed by atoms with Crippen molar-refractivity contribution in [3.05, 3.63) is 47.2 Å². The minimum absolute atomic E-state index is 0.109. The summed E-state index contributed by atoms with van der Waals surface area (Å²) < 4.78 is 1.09. The molecule has 1 aromatic carbocycles. The first-order chi connectivity index (χ1) is 9.59. The van der Waals surface area contributed by atoms with Crippen LogP contribution in [0.1, 0.15) is 21.5 Å². The van der Waals surface area contributed by atoms with Crippen LogP contribution in [0.5, 0.6) is 0 Å². The van der Waals surface area contributed by atoms with Crippen molar-refractivity contribution in [1.29, 1.82) is 0 Å². The monoisotopic (exact) mass is 270 g/mol. The fraction of sp³-hybridized carbons (Fsp3) is 0.0714. The van der Waals surface area contributed by atoms with E-state index in [-0.39, 0.29) is 5.56 Å². The first kappa shape index (κ1) is 12.2. The zero-order chi connectivity index (χ0) is 14.3. The molecule has 6 heteroatoms. The molecule has 1 aliphatic heterocycles. The molecule has 0 bridgehead atoms. The van der Waals surface area contributed by atoms with Gasteiger partial charge in [-0.05, 0) is 17.7 Å². The third-order valence-electron chi connectivity index (χ3n) is 3.25. The first-order valence-corrected chi connectivity index (χ1v) is 5.89. The summed E-state index contributed by atoms with van der Waals surface area (Å²) in [6.45, 7) is 0.323. The van der Waals surface area contributed by atoms with Gasteiger partial charge in [0.05, 0.1) is 17.8 Å². The number of hydrogen-bond acceptors (Lipinski definition) is 3. The van der Waals surface area contributed by atoms with Crippen LogP contribution >= 0.6 is 0 Å². The van der Waals surface area contributed by atoms with Crippen LogP contribution in [0, 0.1) is 0 Å². The number of benzene rings is 1. The lowest BCUT2D eigenvalue weighted by molar-refractivity contribution is 0.0696. The topological polar surface area (TPSA) is 91.9 Å². The molecule has 0 radical (unpaired) electrons. The number of hydrogen-bond donors (Lipinski definition) is 2. The van der Waals surface area contributed by atoms with Crippen LogP contribution in [-0.2, 0) is 6.54 Å². The Morgan fingerprint density at radius 1 is 1.20 bits per heavy atom. The third-order valence-corrected chi connectivity index (χ3v) is 3.25. The molecule has 100 valence electrons. The van der Waals surface area contributed by atoms with Gasteiger partial charge < -0.3 is 10.2 Å². The molecule has 6 nitrogen and oxygen atoms in total. The molecule has 0 aliphatic carbocycles. The number of aliphatic imine (C=N–C) groups is 1. The number of rotatable bonds is 1. The van der Waals surface area contributed by atoms with E-state index in [1.807, 2.05) is 0 Å². The number of aromatic nitrogens is 1. The fourth-order valence-corrected chi connectivity index (χ4v) is 2.39. The predicted octanol–water partition coefficient (Wildman–Crippen LogP) is 2.31. The molecule has 2 aromatic rings. The zero-order valence-corrected chi connectivity index (χ0v) is 10.3. The van der Waals surface area contributed by atoms with Crippen LogP contribution in [-0.4, -0.2) is 33.1 Å². The van der Waals surface area contributed by atoms with Gasteiger partial charge in [0, 0.05) is 23.5 Å². The van der Waals surface area contributed by atoms with Crippen molar-refractivity contribution in [2.45, 2.75) is 6.54 Å². The third kappa shape index (κ3) is 1.70.